The van der Waals surface area contributed by atoms with Gasteiger partial charge in [0.1, 0.15) is 0 Å². The Bertz CT molecular complexity index is 116. The van der Waals surface area contributed by atoms with Gasteiger partial charge in [0.15, 0.2) is 0 Å². The molecule has 1 heterocycles. The minimum atomic E-state index is 0.574. The van der Waals surface area contributed by atoms with Crippen molar-refractivity contribution < 1.29 is 4.65 Å². The Morgan fingerprint density at radius 1 is 1.42 bits per heavy atom. The molecule has 1 fully saturated rings. The molecule has 1 aliphatic heterocycles. The average molecular weight is 168 g/mol. The van der Waals surface area contributed by atoms with Crippen LogP contribution in [0, 0.1) is 0 Å². The summed E-state index contributed by atoms with van der Waals surface area (Å²) >= 11 is 0. The van der Waals surface area contributed by atoms with Crippen LogP contribution in [0.5, 0.6) is 0 Å². The largest absolute Gasteiger partial charge is 0.438 e. The summed E-state index contributed by atoms with van der Waals surface area (Å²) in [7, 11) is 1.87. The maximum atomic E-state index is 5.50. The van der Waals surface area contributed by atoms with Gasteiger partial charge < -0.3 is 4.65 Å². The van der Waals surface area contributed by atoms with Gasteiger partial charge in [-0.25, -0.2) is 0 Å². The second kappa shape index (κ2) is 5.63. The van der Waals surface area contributed by atoms with Crippen LogP contribution in [-0.2, 0) is 4.65 Å². The molecule has 0 aliphatic carbocycles. The highest BCUT2D eigenvalue weighted by Gasteiger charge is 2.28. The van der Waals surface area contributed by atoms with Gasteiger partial charge in [0.05, 0.1) is 0 Å². The van der Waals surface area contributed by atoms with Crippen LogP contribution in [0.15, 0.2) is 0 Å². The Balaban J connectivity index is 2.26. The van der Waals surface area contributed by atoms with E-state index in [9.17, 15) is 0 Å². The summed E-state index contributed by atoms with van der Waals surface area (Å²) in [6.07, 6.45) is 9.59. The fraction of sp³-hybridized carbons (Fsp3) is 1.00. The van der Waals surface area contributed by atoms with E-state index in [-0.39, 0.29) is 0 Å². The summed E-state index contributed by atoms with van der Waals surface area (Å²) < 4.78 is 5.50. The zero-order valence-corrected chi connectivity index (χ0v) is 8.51. The van der Waals surface area contributed by atoms with Crippen molar-refractivity contribution in [3.8, 4) is 0 Å². The van der Waals surface area contributed by atoms with Gasteiger partial charge in [0, 0.05) is 7.11 Å². The van der Waals surface area contributed by atoms with Crippen LogP contribution in [0.25, 0.3) is 0 Å². The molecule has 0 N–H and O–H groups in total. The van der Waals surface area contributed by atoms with Crippen molar-refractivity contribution in [2.45, 2.75) is 57.6 Å². The van der Waals surface area contributed by atoms with Crippen molar-refractivity contribution in [2.75, 3.05) is 7.11 Å². The SMILES string of the molecule is CCCCC1CCCCB1OC. The Labute approximate surface area is 77.0 Å². The molecule has 70 valence electrons. The van der Waals surface area contributed by atoms with Crippen LogP contribution in [0.3, 0.4) is 0 Å². The van der Waals surface area contributed by atoms with Crippen molar-refractivity contribution in [2.24, 2.45) is 0 Å². The van der Waals surface area contributed by atoms with E-state index in [0.29, 0.717) is 6.92 Å². The van der Waals surface area contributed by atoms with E-state index < -0.39 is 0 Å². The second-order valence-electron chi connectivity index (χ2n) is 3.96. The molecule has 0 aromatic heterocycles. The van der Waals surface area contributed by atoms with E-state index in [1.54, 1.807) is 0 Å². The van der Waals surface area contributed by atoms with Crippen molar-refractivity contribution in [1.82, 2.24) is 0 Å². The van der Waals surface area contributed by atoms with Gasteiger partial charge in [-0.3, -0.25) is 0 Å². The molecule has 0 saturated carbocycles. The molecule has 0 aromatic carbocycles. The van der Waals surface area contributed by atoms with Crippen molar-refractivity contribution in [3.63, 3.8) is 0 Å². The first kappa shape index (κ1) is 10.1. The van der Waals surface area contributed by atoms with Gasteiger partial charge in [-0.15, -0.1) is 0 Å². The molecule has 2 heteroatoms. The molecule has 1 aliphatic rings. The minimum Gasteiger partial charge on any atom is -0.438 e. The first-order valence-corrected chi connectivity index (χ1v) is 5.41. The van der Waals surface area contributed by atoms with Crippen LogP contribution in [0.2, 0.25) is 12.1 Å². The second-order valence-corrected chi connectivity index (χ2v) is 3.96. The lowest BCUT2D eigenvalue weighted by Crippen LogP contribution is -2.26. The molecule has 1 atom stereocenters. The average Bonchev–Trinajstić information content (AvgIpc) is 2.15. The fourth-order valence-corrected chi connectivity index (χ4v) is 2.28. The summed E-state index contributed by atoms with van der Waals surface area (Å²) in [5, 5.41) is 0. The molecule has 0 amide bonds. The van der Waals surface area contributed by atoms with Gasteiger partial charge in [-0.2, -0.15) is 0 Å². The van der Waals surface area contributed by atoms with Crippen LogP contribution in [0.4, 0.5) is 0 Å². The van der Waals surface area contributed by atoms with Crippen molar-refractivity contribution in [1.29, 1.82) is 0 Å². The summed E-state index contributed by atoms with van der Waals surface area (Å²) in [5.41, 5.74) is 0. The third-order valence-corrected chi connectivity index (χ3v) is 3.07. The fourth-order valence-electron chi connectivity index (χ4n) is 2.28. The lowest BCUT2D eigenvalue weighted by atomic mass is 9.47. The third-order valence-electron chi connectivity index (χ3n) is 3.07. The summed E-state index contributed by atoms with van der Waals surface area (Å²) in [6, 6.07) is 0. The molecule has 1 nitrogen and oxygen atoms in total. The van der Waals surface area contributed by atoms with Crippen LogP contribution >= 0.6 is 0 Å². The summed E-state index contributed by atoms with van der Waals surface area (Å²) in [6.45, 7) is 2.84. The van der Waals surface area contributed by atoms with Gasteiger partial charge in [-0.1, -0.05) is 45.4 Å². The van der Waals surface area contributed by atoms with E-state index in [1.165, 1.54) is 44.8 Å². The molecule has 1 saturated heterocycles. The lowest BCUT2D eigenvalue weighted by Gasteiger charge is -2.27. The summed E-state index contributed by atoms with van der Waals surface area (Å²) in [5.74, 6) is 0.865. The Morgan fingerprint density at radius 2 is 2.25 bits per heavy atom. The monoisotopic (exact) mass is 168 g/mol. The predicted molar refractivity (Wildman–Crippen MR) is 54.7 cm³/mol. The zero-order chi connectivity index (χ0) is 8.81. The van der Waals surface area contributed by atoms with Gasteiger partial charge in [-0.05, 0) is 12.1 Å². The van der Waals surface area contributed by atoms with Crippen LogP contribution in [-0.4, -0.2) is 14.0 Å². The lowest BCUT2D eigenvalue weighted by molar-refractivity contribution is 0.378. The normalized spacial score (nSPS) is 24.5. The smallest absolute Gasteiger partial charge is 0.295 e. The van der Waals surface area contributed by atoms with Crippen molar-refractivity contribution in [3.05, 3.63) is 0 Å². The number of hydrogen-bond acceptors (Lipinski definition) is 1. The number of hydrogen-bond donors (Lipinski definition) is 0. The topological polar surface area (TPSA) is 9.23 Å². The van der Waals surface area contributed by atoms with Gasteiger partial charge in [0.25, 0.3) is 6.92 Å². The van der Waals surface area contributed by atoms with E-state index in [0.717, 1.165) is 5.82 Å². The van der Waals surface area contributed by atoms with E-state index in [1.807, 2.05) is 7.11 Å². The molecular weight excluding hydrogens is 147 g/mol. The highest BCUT2D eigenvalue weighted by atomic mass is 16.4. The molecule has 0 bridgehead atoms. The molecule has 0 radical (unpaired) electrons. The van der Waals surface area contributed by atoms with E-state index in [4.69, 9.17) is 4.65 Å². The molecule has 1 unspecified atom stereocenters. The highest BCUT2D eigenvalue weighted by Crippen LogP contribution is 2.33. The molecular formula is C10H21BO. The first-order valence-electron chi connectivity index (χ1n) is 5.41. The molecule has 12 heavy (non-hydrogen) atoms. The van der Waals surface area contributed by atoms with Crippen LogP contribution in [0.1, 0.15) is 45.4 Å². The predicted octanol–water partition coefficient (Wildman–Crippen LogP) is 3.37. The van der Waals surface area contributed by atoms with Gasteiger partial charge >= 0.3 is 0 Å². The Morgan fingerprint density at radius 3 is 2.92 bits per heavy atom. The Kier molecular flexibility index (Phi) is 4.74. The van der Waals surface area contributed by atoms with E-state index in [2.05, 4.69) is 6.92 Å². The standard InChI is InChI=1S/C10H21BO/c1-3-4-7-10-8-5-6-9-11(10)12-2/h10H,3-9H2,1-2H3. The van der Waals surface area contributed by atoms with Crippen LogP contribution < -0.4 is 0 Å². The van der Waals surface area contributed by atoms with E-state index >= 15 is 0 Å². The highest BCUT2D eigenvalue weighted by molar-refractivity contribution is 6.53. The maximum absolute atomic E-state index is 5.50. The third kappa shape index (κ3) is 2.82. The number of rotatable bonds is 4. The van der Waals surface area contributed by atoms with Crippen molar-refractivity contribution >= 4 is 6.92 Å². The minimum absolute atomic E-state index is 0.574. The molecule has 1 rings (SSSR count). The quantitative estimate of drug-likeness (QED) is 0.584. The summed E-state index contributed by atoms with van der Waals surface area (Å²) in [4.78, 5) is 0. The molecule has 0 aromatic rings. The van der Waals surface area contributed by atoms with Gasteiger partial charge in [0.2, 0.25) is 0 Å². The molecule has 0 spiro atoms. The first-order chi connectivity index (χ1) is 5.88. The maximum Gasteiger partial charge on any atom is 0.295 e. The Hall–Kier alpha value is 0.0249. The number of unbranched alkanes of at least 4 members (excludes halogenated alkanes) is 1. The zero-order valence-electron chi connectivity index (χ0n) is 8.51.